The minimum atomic E-state index is -3.12. The highest BCUT2D eigenvalue weighted by Gasteiger charge is 2.29. The van der Waals surface area contributed by atoms with Gasteiger partial charge in [0.05, 0.1) is 6.26 Å². The van der Waals surface area contributed by atoms with E-state index in [0.717, 1.165) is 12.1 Å². The Labute approximate surface area is 131 Å². The number of rotatable bonds is 2. The van der Waals surface area contributed by atoms with Crippen molar-refractivity contribution >= 4 is 21.7 Å². The number of carbonyl (C=O) groups excluding carboxylic acids is 1. The molecule has 2 heterocycles. The fraction of sp³-hybridized carbons (Fsp3) is 0.533. The summed E-state index contributed by atoms with van der Waals surface area (Å²) in [7, 11) is -3.12. The zero-order chi connectivity index (χ0) is 15.7. The van der Waals surface area contributed by atoms with E-state index in [-0.39, 0.29) is 12.1 Å². The molecule has 2 aliphatic heterocycles. The molecule has 7 heteroatoms. The number of carbonyl (C=O) groups is 1. The molecular weight excluding hydrogens is 302 g/mol. The Hall–Kier alpha value is -1.60. The summed E-state index contributed by atoms with van der Waals surface area (Å²) in [5.41, 5.74) is 2.18. The van der Waals surface area contributed by atoms with Crippen molar-refractivity contribution in [3.8, 4) is 0 Å². The molecule has 3 rings (SSSR count). The Bertz CT molecular complexity index is 666. The third-order valence-electron chi connectivity index (χ3n) is 4.38. The molecule has 1 aromatic rings. The molecule has 0 atom stereocenters. The molecule has 0 unspecified atom stereocenters. The third kappa shape index (κ3) is 3.10. The van der Waals surface area contributed by atoms with Crippen molar-refractivity contribution in [1.29, 1.82) is 0 Å². The summed E-state index contributed by atoms with van der Waals surface area (Å²) in [6.07, 6.45) is 3.44. The van der Waals surface area contributed by atoms with Crippen LogP contribution >= 0.6 is 0 Å². The minimum Gasteiger partial charge on any atom is -0.335 e. The summed E-state index contributed by atoms with van der Waals surface area (Å²) in [4.78, 5) is 14.2. The lowest BCUT2D eigenvalue weighted by Gasteiger charge is -2.31. The number of nitrogens with one attached hydrogen (secondary N) is 1. The topological polar surface area (TPSA) is 69.7 Å². The second-order valence-corrected chi connectivity index (χ2v) is 7.90. The summed E-state index contributed by atoms with van der Waals surface area (Å²) in [5.74, 6) is 0. The molecule has 1 N–H and O–H groups in total. The van der Waals surface area contributed by atoms with Crippen LogP contribution in [0.2, 0.25) is 0 Å². The van der Waals surface area contributed by atoms with Gasteiger partial charge in [-0.25, -0.2) is 17.5 Å². The van der Waals surface area contributed by atoms with Crippen LogP contribution in [0.1, 0.15) is 18.4 Å². The van der Waals surface area contributed by atoms with Crippen LogP contribution in [0.25, 0.3) is 0 Å². The molecule has 1 saturated heterocycles. The quantitative estimate of drug-likeness (QED) is 0.888. The maximum atomic E-state index is 12.4. The molecule has 6 nitrogen and oxygen atoms in total. The third-order valence-corrected chi connectivity index (χ3v) is 5.69. The largest absolute Gasteiger partial charge is 0.335 e. The Morgan fingerprint density at radius 3 is 2.55 bits per heavy atom. The van der Waals surface area contributed by atoms with Crippen LogP contribution < -0.4 is 10.2 Å². The van der Waals surface area contributed by atoms with E-state index in [1.165, 1.54) is 16.1 Å². The predicted octanol–water partition coefficient (Wildman–Crippen LogP) is 1.18. The number of hydrogen-bond acceptors (Lipinski definition) is 3. The van der Waals surface area contributed by atoms with E-state index in [1.54, 1.807) is 4.90 Å². The van der Waals surface area contributed by atoms with Gasteiger partial charge in [0.2, 0.25) is 10.0 Å². The van der Waals surface area contributed by atoms with E-state index in [9.17, 15) is 13.2 Å². The first-order valence-electron chi connectivity index (χ1n) is 7.56. The van der Waals surface area contributed by atoms with Gasteiger partial charge in [-0.05, 0) is 30.9 Å². The summed E-state index contributed by atoms with van der Waals surface area (Å²) >= 11 is 0. The van der Waals surface area contributed by atoms with Crippen molar-refractivity contribution in [2.75, 3.05) is 30.8 Å². The Balaban J connectivity index is 1.58. The van der Waals surface area contributed by atoms with Gasteiger partial charge < -0.3 is 5.32 Å². The van der Waals surface area contributed by atoms with Crippen LogP contribution in [0.4, 0.5) is 10.5 Å². The van der Waals surface area contributed by atoms with Crippen LogP contribution in [-0.4, -0.2) is 50.7 Å². The average molecular weight is 323 g/mol. The standard InChI is InChI=1S/C15H21N3O3S/c1-22(20,21)17-9-7-13(8-10-17)16-15(19)18-11-6-12-4-2-3-5-14(12)18/h2-5,13H,6-11H2,1H3,(H,16,19). The van der Waals surface area contributed by atoms with Gasteiger partial charge in [-0.2, -0.15) is 0 Å². The smallest absolute Gasteiger partial charge is 0.322 e. The van der Waals surface area contributed by atoms with Crippen molar-refractivity contribution in [3.05, 3.63) is 29.8 Å². The van der Waals surface area contributed by atoms with Crippen LogP contribution in [0.3, 0.4) is 0 Å². The highest BCUT2D eigenvalue weighted by Crippen LogP contribution is 2.27. The first kappa shape index (κ1) is 15.3. The van der Waals surface area contributed by atoms with Crippen molar-refractivity contribution in [1.82, 2.24) is 9.62 Å². The van der Waals surface area contributed by atoms with E-state index in [4.69, 9.17) is 0 Å². The first-order chi connectivity index (χ1) is 10.4. The van der Waals surface area contributed by atoms with Gasteiger partial charge in [-0.15, -0.1) is 0 Å². The van der Waals surface area contributed by atoms with Crippen molar-refractivity contribution in [3.63, 3.8) is 0 Å². The molecule has 0 aromatic heterocycles. The SMILES string of the molecule is CS(=O)(=O)N1CCC(NC(=O)N2CCc3ccccc32)CC1. The maximum absolute atomic E-state index is 12.4. The van der Waals surface area contributed by atoms with Gasteiger partial charge in [0, 0.05) is 31.4 Å². The number of anilines is 1. The molecule has 22 heavy (non-hydrogen) atoms. The molecule has 0 saturated carbocycles. The van der Waals surface area contributed by atoms with Crippen molar-refractivity contribution in [2.24, 2.45) is 0 Å². The molecule has 0 radical (unpaired) electrons. The van der Waals surface area contributed by atoms with Crippen LogP contribution in [-0.2, 0) is 16.4 Å². The molecule has 0 aliphatic carbocycles. The Kier molecular flexibility index (Phi) is 4.10. The van der Waals surface area contributed by atoms with E-state index in [0.29, 0.717) is 32.5 Å². The molecule has 2 amide bonds. The minimum absolute atomic E-state index is 0.0401. The highest BCUT2D eigenvalue weighted by molar-refractivity contribution is 7.88. The zero-order valence-electron chi connectivity index (χ0n) is 12.7. The predicted molar refractivity (Wildman–Crippen MR) is 85.5 cm³/mol. The maximum Gasteiger partial charge on any atom is 0.322 e. The van der Waals surface area contributed by atoms with Gasteiger partial charge in [0.15, 0.2) is 0 Å². The van der Waals surface area contributed by atoms with Gasteiger partial charge in [0.1, 0.15) is 0 Å². The summed E-state index contributed by atoms with van der Waals surface area (Å²) < 4.78 is 24.5. The van der Waals surface area contributed by atoms with Gasteiger partial charge in [-0.1, -0.05) is 18.2 Å². The summed E-state index contributed by atoms with van der Waals surface area (Å²) in [6, 6.07) is 7.90. The first-order valence-corrected chi connectivity index (χ1v) is 9.41. The molecule has 0 bridgehead atoms. The number of urea groups is 1. The normalized spacial score (nSPS) is 20.0. The van der Waals surface area contributed by atoms with Crippen LogP contribution in [0.5, 0.6) is 0 Å². The molecule has 1 fully saturated rings. The lowest BCUT2D eigenvalue weighted by molar-refractivity contribution is 0.233. The highest BCUT2D eigenvalue weighted by atomic mass is 32.2. The number of para-hydroxylation sites is 1. The summed E-state index contributed by atoms with van der Waals surface area (Å²) in [6.45, 7) is 1.65. The monoisotopic (exact) mass is 323 g/mol. The number of amides is 2. The Morgan fingerprint density at radius 2 is 1.86 bits per heavy atom. The second-order valence-electron chi connectivity index (χ2n) is 5.92. The number of sulfonamides is 1. The van der Waals surface area contributed by atoms with E-state index in [1.807, 2.05) is 24.3 Å². The number of benzene rings is 1. The fourth-order valence-electron chi connectivity index (χ4n) is 3.13. The fourth-order valence-corrected chi connectivity index (χ4v) is 4.01. The molecular formula is C15H21N3O3S. The molecule has 2 aliphatic rings. The van der Waals surface area contributed by atoms with E-state index >= 15 is 0 Å². The lowest BCUT2D eigenvalue weighted by Crippen LogP contribution is -2.49. The van der Waals surface area contributed by atoms with Gasteiger partial charge in [-0.3, -0.25) is 4.90 Å². The number of fused-ring (bicyclic) bond motifs is 1. The van der Waals surface area contributed by atoms with E-state index < -0.39 is 10.0 Å². The number of nitrogens with zero attached hydrogens (tertiary/aromatic N) is 2. The van der Waals surface area contributed by atoms with Crippen LogP contribution in [0.15, 0.2) is 24.3 Å². The van der Waals surface area contributed by atoms with Gasteiger partial charge in [0.25, 0.3) is 0 Å². The zero-order valence-corrected chi connectivity index (χ0v) is 13.5. The average Bonchev–Trinajstić information content (AvgIpc) is 2.91. The second kappa shape index (κ2) is 5.89. The lowest BCUT2D eigenvalue weighted by atomic mass is 10.1. The van der Waals surface area contributed by atoms with Gasteiger partial charge >= 0.3 is 6.03 Å². The summed E-state index contributed by atoms with van der Waals surface area (Å²) in [5, 5.41) is 3.04. The number of piperidine rings is 1. The van der Waals surface area contributed by atoms with Crippen molar-refractivity contribution in [2.45, 2.75) is 25.3 Å². The molecule has 0 spiro atoms. The van der Waals surface area contributed by atoms with E-state index in [2.05, 4.69) is 5.32 Å². The Morgan fingerprint density at radius 1 is 1.18 bits per heavy atom. The molecule has 1 aromatic carbocycles. The van der Waals surface area contributed by atoms with Crippen molar-refractivity contribution < 1.29 is 13.2 Å². The molecule has 120 valence electrons. The number of hydrogen-bond donors (Lipinski definition) is 1. The van der Waals surface area contributed by atoms with Crippen LogP contribution in [0, 0.1) is 0 Å².